The summed E-state index contributed by atoms with van der Waals surface area (Å²) >= 11 is 0. The van der Waals surface area contributed by atoms with Crippen molar-refractivity contribution < 1.29 is 9.84 Å². The molecular weight excluding hydrogens is 214 g/mol. The van der Waals surface area contributed by atoms with Gasteiger partial charge in [0.05, 0.1) is 13.2 Å². The normalized spacial score (nSPS) is 10.9. The highest BCUT2D eigenvalue weighted by molar-refractivity contribution is 4.50. The fourth-order valence-corrected chi connectivity index (χ4v) is 1.80. The molecule has 0 aromatic carbocycles. The van der Waals surface area contributed by atoms with Crippen LogP contribution in [0.1, 0.15) is 58.3 Å². The average molecular weight is 245 g/mol. The number of aliphatic hydroxyl groups is 1. The van der Waals surface area contributed by atoms with Crippen LogP contribution >= 0.6 is 0 Å². The summed E-state index contributed by atoms with van der Waals surface area (Å²) in [6.45, 7) is 5.77. The van der Waals surface area contributed by atoms with Crippen LogP contribution in [0.25, 0.3) is 0 Å². The minimum Gasteiger partial charge on any atom is -0.394 e. The summed E-state index contributed by atoms with van der Waals surface area (Å²) in [6.07, 6.45) is 10.6. The van der Waals surface area contributed by atoms with E-state index in [1.54, 1.807) is 0 Å². The number of ether oxygens (including phenoxy) is 1. The van der Waals surface area contributed by atoms with E-state index in [1.807, 2.05) is 0 Å². The smallest absolute Gasteiger partial charge is 0.0697 e. The second-order valence-electron chi connectivity index (χ2n) is 4.56. The van der Waals surface area contributed by atoms with Crippen LogP contribution in [-0.4, -0.2) is 38.0 Å². The first-order valence-corrected chi connectivity index (χ1v) is 7.31. The monoisotopic (exact) mass is 245 g/mol. The summed E-state index contributed by atoms with van der Waals surface area (Å²) in [7, 11) is 0. The maximum Gasteiger partial charge on any atom is 0.0697 e. The van der Waals surface area contributed by atoms with Crippen molar-refractivity contribution in [3.8, 4) is 0 Å². The Morgan fingerprint density at radius 1 is 0.824 bits per heavy atom. The Bertz CT molecular complexity index is 117. The first-order chi connectivity index (χ1) is 8.41. The van der Waals surface area contributed by atoms with Crippen LogP contribution < -0.4 is 5.32 Å². The minimum atomic E-state index is 0.130. The molecule has 0 aliphatic heterocycles. The molecule has 0 rings (SSSR count). The molecule has 2 N–H and O–H groups in total. The van der Waals surface area contributed by atoms with Gasteiger partial charge in [-0.25, -0.2) is 0 Å². The fraction of sp³-hybridized carbons (Fsp3) is 1.00. The van der Waals surface area contributed by atoms with Crippen LogP contribution in [0.15, 0.2) is 0 Å². The lowest BCUT2D eigenvalue weighted by Gasteiger charge is -2.05. The van der Waals surface area contributed by atoms with Gasteiger partial charge in [0.2, 0.25) is 0 Å². The molecule has 0 saturated carbocycles. The first kappa shape index (κ1) is 16.9. The summed E-state index contributed by atoms with van der Waals surface area (Å²) in [5.74, 6) is 0. The van der Waals surface area contributed by atoms with Crippen LogP contribution in [0, 0.1) is 0 Å². The van der Waals surface area contributed by atoms with Gasteiger partial charge in [-0.15, -0.1) is 0 Å². The van der Waals surface area contributed by atoms with Gasteiger partial charge in [0.25, 0.3) is 0 Å². The van der Waals surface area contributed by atoms with Crippen LogP contribution in [0.3, 0.4) is 0 Å². The van der Waals surface area contributed by atoms with E-state index >= 15 is 0 Å². The van der Waals surface area contributed by atoms with Crippen molar-refractivity contribution in [1.82, 2.24) is 5.32 Å². The summed E-state index contributed by atoms with van der Waals surface area (Å²) in [5, 5.41) is 11.9. The highest BCUT2D eigenvalue weighted by Gasteiger charge is 1.92. The van der Waals surface area contributed by atoms with Crippen LogP contribution in [0.2, 0.25) is 0 Å². The SMILES string of the molecule is CCCCCCCCCNCCCOCCO. The van der Waals surface area contributed by atoms with Gasteiger partial charge in [-0.2, -0.15) is 0 Å². The Morgan fingerprint density at radius 2 is 1.47 bits per heavy atom. The molecule has 0 unspecified atom stereocenters. The lowest BCUT2D eigenvalue weighted by atomic mass is 10.1. The zero-order valence-electron chi connectivity index (χ0n) is 11.5. The van der Waals surface area contributed by atoms with Crippen LogP contribution in [-0.2, 0) is 4.74 Å². The van der Waals surface area contributed by atoms with E-state index in [-0.39, 0.29) is 6.61 Å². The number of nitrogens with one attached hydrogen (secondary N) is 1. The van der Waals surface area contributed by atoms with Crippen molar-refractivity contribution in [3.63, 3.8) is 0 Å². The van der Waals surface area contributed by atoms with E-state index in [1.165, 1.54) is 44.9 Å². The lowest BCUT2D eigenvalue weighted by Crippen LogP contribution is -2.18. The van der Waals surface area contributed by atoms with Gasteiger partial charge >= 0.3 is 0 Å². The molecule has 0 heterocycles. The molecule has 0 radical (unpaired) electrons. The van der Waals surface area contributed by atoms with Crippen molar-refractivity contribution >= 4 is 0 Å². The molecule has 0 bridgehead atoms. The Labute approximate surface area is 107 Å². The van der Waals surface area contributed by atoms with Gasteiger partial charge in [0.15, 0.2) is 0 Å². The molecule has 0 aliphatic rings. The van der Waals surface area contributed by atoms with Crippen molar-refractivity contribution in [2.24, 2.45) is 0 Å². The molecule has 0 aliphatic carbocycles. The van der Waals surface area contributed by atoms with Gasteiger partial charge in [0.1, 0.15) is 0 Å². The predicted molar refractivity (Wildman–Crippen MR) is 73.4 cm³/mol. The second-order valence-corrected chi connectivity index (χ2v) is 4.56. The number of rotatable bonds is 14. The molecule has 0 atom stereocenters. The van der Waals surface area contributed by atoms with E-state index in [4.69, 9.17) is 9.84 Å². The maximum atomic E-state index is 8.50. The number of unbranched alkanes of at least 4 members (excludes halogenated alkanes) is 6. The third kappa shape index (κ3) is 15.9. The van der Waals surface area contributed by atoms with Crippen LogP contribution in [0.5, 0.6) is 0 Å². The maximum absolute atomic E-state index is 8.50. The van der Waals surface area contributed by atoms with Gasteiger partial charge in [-0.05, 0) is 25.9 Å². The zero-order chi connectivity index (χ0) is 12.6. The number of hydrogen-bond donors (Lipinski definition) is 2. The van der Waals surface area contributed by atoms with Crippen LogP contribution in [0.4, 0.5) is 0 Å². The van der Waals surface area contributed by atoms with E-state index in [0.717, 1.165) is 26.1 Å². The topological polar surface area (TPSA) is 41.5 Å². The molecule has 0 fully saturated rings. The molecular formula is C14H31NO2. The zero-order valence-corrected chi connectivity index (χ0v) is 11.5. The Kier molecular flexibility index (Phi) is 15.8. The summed E-state index contributed by atoms with van der Waals surface area (Å²) in [5.41, 5.74) is 0. The quantitative estimate of drug-likeness (QED) is 0.462. The summed E-state index contributed by atoms with van der Waals surface area (Å²) < 4.78 is 5.18. The van der Waals surface area contributed by atoms with Crippen molar-refractivity contribution in [3.05, 3.63) is 0 Å². The van der Waals surface area contributed by atoms with Gasteiger partial charge in [-0.3, -0.25) is 0 Å². The largest absolute Gasteiger partial charge is 0.394 e. The van der Waals surface area contributed by atoms with E-state index in [0.29, 0.717) is 6.61 Å². The highest BCUT2D eigenvalue weighted by atomic mass is 16.5. The van der Waals surface area contributed by atoms with Crippen molar-refractivity contribution in [2.75, 3.05) is 32.9 Å². The van der Waals surface area contributed by atoms with E-state index in [2.05, 4.69) is 12.2 Å². The number of aliphatic hydroxyl groups excluding tert-OH is 1. The van der Waals surface area contributed by atoms with Crippen molar-refractivity contribution in [1.29, 1.82) is 0 Å². The highest BCUT2D eigenvalue weighted by Crippen LogP contribution is 2.06. The first-order valence-electron chi connectivity index (χ1n) is 7.31. The Balaban J connectivity index is 2.85. The Morgan fingerprint density at radius 3 is 2.18 bits per heavy atom. The molecule has 0 saturated heterocycles. The minimum absolute atomic E-state index is 0.130. The second kappa shape index (κ2) is 15.9. The third-order valence-corrected chi connectivity index (χ3v) is 2.83. The predicted octanol–water partition coefficient (Wildman–Crippen LogP) is 2.73. The fourth-order valence-electron chi connectivity index (χ4n) is 1.80. The molecule has 0 amide bonds. The number of hydrogen-bond acceptors (Lipinski definition) is 3. The van der Waals surface area contributed by atoms with E-state index < -0.39 is 0 Å². The van der Waals surface area contributed by atoms with Crippen molar-refractivity contribution in [2.45, 2.75) is 58.3 Å². The van der Waals surface area contributed by atoms with Gasteiger partial charge in [-0.1, -0.05) is 45.4 Å². The molecule has 3 heteroatoms. The lowest BCUT2D eigenvalue weighted by molar-refractivity contribution is 0.0907. The molecule has 104 valence electrons. The summed E-state index contributed by atoms with van der Waals surface area (Å²) in [6, 6.07) is 0. The van der Waals surface area contributed by atoms with E-state index in [9.17, 15) is 0 Å². The molecule has 0 aromatic heterocycles. The molecule has 3 nitrogen and oxygen atoms in total. The van der Waals surface area contributed by atoms with Gasteiger partial charge in [0, 0.05) is 6.61 Å². The summed E-state index contributed by atoms with van der Waals surface area (Å²) in [4.78, 5) is 0. The third-order valence-electron chi connectivity index (χ3n) is 2.83. The Hall–Kier alpha value is -0.120. The standard InChI is InChI=1S/C14H31NO2/c1-2-3-4-5-6-7-8-10-15-11-9-13-17-14-12-16/h15-16H,2-14H2,1H3. The molecule has 0 spiro atoms. The molecule has 0 aromatic rings. The average Bonchev–Trinajstić information content (AvgIpc) is 2.35. The van der Waals surface area contributed by atoms with Gasteiger partial charge < -0.3 is 15.2 Å². The molecule has 17 heavy (non-hydrogen) atoms.